The first-order valence-electron chi connectivity index (χ1n) is 5.56. The Hall–Kier alpha value is -0.820. The second kappa shape index (κ2) is 4.61. The molecule has 14 heavy (non-hydrogen) atoms. The average Bonchev–Trinajstić information content (AvgIpc) is 3.00. The van der Waals surface area contributed by atoms with Crippen LogP contribution in [0, 0.1) is 5.92 Å². The summed E-state index contributed by atoms with van der Waals surface area (Å²) in [6.45, 7) is 0. The van der Waals surface area contributed by atoms with Crippen molar-refractivity contribution in [2.75, 3.05) is 0 Å². The molecule has 0 aliphatic heterocycles. The molecule has 0 radical (unpaired) electrons. The van der Waals surface area contributed by atoms with Crippen molar-refractivity contribution in [2.24, 2.45) is 5.92 Å². The smallest absolute Gasteiger partial charge is 0.0546 e. The lowest BCUT2D eigenvalue weighted by Gasteiger charge is -2.09. The van der Waals surface area contributed by atoms with Crippen LogP contribution in [0.4, 0.5) is 0 Å². The minimum Gasteiger partial charge on any atom is -0.393 e. The highest BCUT2D eigenvalue weighted by atomic mass is 16.3. The molecule has 1 aromatic carbocycles. The van der Waals surface area contributed by atoms with Crippen LogP contribution in [0.2, 0.25) is 0 Å². The molecular weight excluding hydrogens is 172 g/mol. The van der Waals surface area contributed by atoms with Crippen molar-refractivity contribution < 1.29 is 5.11 Å². The van der Waals surface area contributed by atoms with Crippen molar-refractivity contribution in [1.29, 1.82) is 0 Å². The largest absolute Gasteiger partial charge is 0.393 e. The SMILES string of the molecule is OC(CCc1ccccc1)CC1CC1. The standard InChI is InChI=1S/C13H18O/c14-13(10-12-6-7-12)9-8-11-4-2-1-3-5-11/h1-5,12-14H,6-10H2. The van der Waals surface area contributed by atoms with E-state index in [-0.39, 0.29) is 6.10 Å². The van der Waals surface area contributed by atoms with Gasteiger partial charge in [-0.1, -0.05) is 43.2 Å². The number of aliphatic hydroxyl groups excluding tert-OH is 1. The molecule has 0 spiro atoms. The number of rotatable bonds is 5. The van der Waals surface area contributed by atoms with Gasteiger partial charge in [0.15, 0.2) is 0 Å². The molecule has 0 amide bonds. The third-order valence-electron chi connectivity index (χ3n) is 2.91. The van der Waals surface area contributed by atoms with Gasteiger partial charge < -0.3 is 5.11 Å². The molecule has 1 aliphatic rings. The topological polar surface area (TPSA) is 20.2 Å². The molecule has 1 saturated carbocycles. The van der Waals surface area contributed by atoms with Gasteiger partial charge in [0.25, 0.3) is 0 Å². The summed E-state index contributed by atoms with van der Waals surface area (Å²) in [6.07, 6.45) is 5.54. The summed E-state index contributed by atoms with van der Waals surface area (Å²) in [7, 11) is 0. The van der Waals surface area contributed by atoms with Gasteiger partial charge in [0.05, 0.1) is 6.10 Å². The third kappa shape index (κ3) is 3.15. The first-order valence-corrected chi connectivity index (χ1v) is 5.56. The summed E-state index contributed by atoms with van der Waals surface area (Å²) in [5.74, 6) is 0.834. The Bertz CT molecular complexity index is 264. The molecule has 1 heteroatoms. The van der Waals surface area contributed by atoms with E-state index in [0.29, 0.717) is 0 Å². The van der Waals surface area contributed by atoms with E-state index in [2.05, 4.69) is 24.3 Å². The Morgan fingerprint density at radius 3 is 2.57 bits per heavy atom. The van der Waals surface area contributed by atoms with Crippen LogP contribution < -0.4 is 0 Å². The number of aryl methyl sites for hydroxylation is 1. The maximum atomic E-state index is 9.72. The van der Waals surface area contributed by atoms with Crippen LogP contribution in [0.1, 0.15) is 31.2 Å². The summed E-state index contributed by atoms with van der Waals surface area (Å²) in [5.41, 5.74) is 1.34. The van der Waals surface area contributed by atoms with E-state index >= 15 is 0 Å². The molecule has 1 aromatic rings. The maximum Gasteiger partial charge on any atom is 0.0546 e. The van der Waals surface area contributed by atoms with E-state index in [0.717, 1.165) is 25.2 Å². The molecule has 1 aliphatic carbocycles. The molecule has 2 rings (SSSR count). The molecule has 1 N–H and O–H groups in total. The van der Waals surface area contributed by atoms with Gasteiger partial charge in [-0.15, -0.1) is 0 Å². The Labute approximate surface area is 85.8 Å². The quantitative estimate of drug-likeness (QED) is 0.757. The minimum absolute atomic E-state index is 0.0808. The zero-order valence-corrected chi connectivity index (χ0v) is 8.52. The van der Waals surface area contributed by atoms with Crippen molar-refractivity contribution in [1.82, 2.24) is 0 Å². The van der Waals surface area contributed by atoms with Crippen molar-refractivity contribution in [2.45, 2.75) is 38.2 Å². The van der Waals surface area contributed by atoms with Crippen LogP contribution in [0.25, 0.3) is 0 Å². The van der Waals surface area contributed by atoms with Crippen molar-refractivity contribution in [3.8, 4) is 0 Å². The molecule has 1 atom stereocenters. The van der Waals surface area contributed by atoms with E-state index in [1.807, 2.05) is 6.07 Å². The van der Waals surface area contributed by atoms with Crippen LogP contribution >= 0.6 is 0 Å². The summed E-state index contributed by atoms with van der Waals surface area (Å²) < 4.78 is 0. The summed E-state index contributed by atoms with van der Waals surface area (Å²) >= 11 is 0. The number of aliphatic hydroxyl groups is 1. The van der Waals surface area contributed by atoms with Gasteiger partial charge in [-0.2, -0.15) is 0 Å². The van der Waals surface area contributed by atoms with Crippen molar-refractivity contribution >= 4 is 0 Å². The highest BCUT2D eigenvalue weighted by molar-refractivity contribution is 5.14. The predicted molar refractivity (Wildman–Crippen MR) is 58.1 cm³/mol. The van der Waals surface area contributed by atoms with Gasteiger partial charge in [0.1, 0.15) is 0 Å². The molecule has 76 valence electrons. The van der Waals surface area contributed by atoms with Crippen LogP contribution in [-0.2, 0) is 6.42 Å². The second-order valence-corrected chi connectivity index (χ2v) is 4.36. The summed E-state index contributed by atoms with van der Waals surface area (Å²) in [5, 5.41) is 9.72. The van der Waals surface area contributed by atoms with Crippen LogP contribution in [0.3, 0.4) is 0 Å². The Balaban J connectivity index is 1.70. The lowest BCUT2D eigenvalue weighted by molar-refractivity contribution is 0.148. The lowest BCUT2D eigenvalue weighted by atomic mass is 10.0. The van der Waals surface area contributed by atoms with Gasteiger partial charge in [0.2, 0.25) is 0 Å². The van der Waals surface area contributed by atoms with Crippen molar-refractivity contribution in [3.63, 3.8) is 0 Å². The lowest BCUT2D eigenvalue weighted by Crippen LogP contribution is -2.08. The molecule has 1 nitrogen and oxygen atoms in total. The number of benzene rings is 1. The maximum absolute atomic E-state index is 9.72. The van der Waals surface area contributed by atoms with Gasteiger partial charge in [-0.25, -0.2) is 0 Å². The van der Waals surface area contributed by atoms with E-state index in [9.17, 15) is 5.11 Å². The normalized spacial score (nSPS) is 18.1. The molecule has 0 saturated heterocycles. The van der Waals surface area contributed by atoms with E-state index in [1.54, 1.807) is 0 Å². The predicted octanol–water partition coefficient (Wildman–Crippen LogP) is 2.78. The second-order valence-electron chi connectivity index (χ2n) is 4.36. The first-order chi connectivity index (χ1) is 6.84. The van der Waals surface area contributed by atoms with Crippen molar-refractivity contribution in [3.05, 3.63) is 35.9 Å². The zero-order valence-electron chi connectivity index (χ0n) is 8.52. The van der Waals surface area contributed by atoms with Crippen LogP contribution in [0.15, 0.2) is 30.3 Å². The third-order valence-corrected chi connectivity index (χ3v) is 2.91. The van der Waals surface area contributed by atoms with Gasteiger partial charge in [0, 0.05) is 0 Å². The summed E-state index contributed by atoms with van der Waals surface area (Å²) in [6, 6.07) is 10.4. The molecule has 0 aromatic heterocycles. The fourth-order valence-electron chi connectivity index (χ4n) is 1.83. The fourth-order valence-corrected chi connectivity index (χ4v) is 1.83. The van der Waals surface area contributed by atoms with E-state index < -0.39 is 0 Å². The van der Waals surface area contributed by atoms with Gasteiger partial charge in [-0.05, 0) is 30.7 Å². The van der Waals surface area contributed by atoms with E-state index in [1.165, 1.54) is 18.4 Å². The van der Waals surface area contributed by atoms with Gasteiger partial charge in [-0.3, -0.25) is 0 Å². The minimum atomic E-state index is -0.0808. The van der Waals surface area contributed by atoms with E-state index in [4.69, 9.17) is 0 Å². The molecule has 0 heterocycles. The molecule has 1 unspecified atom stereocenters. The highest BCUT2D eigenvalue weighted by Gasteiger charge is 2.24. The van der Waals surface area contributed by atoms with Crippen LogP contribution in [-0.4, -0.2) is 11.2 Å². The average molecular weight is 190 g/mol. The molecular formula is C13H18O. The zero-order chi connectivity index (χ0) is 9.80. The highest BCUT2D eigenvalue weighted by Crippen LogP contribution is 2.34. The number of hydrogen-bond acceptors (Lipinski definition) is 1. The molecule has 1 fully saturated rings. The fraction of sp³-hybridized carbons (Fsp3) is 0.538. The first kappa shape index (κ1) is 9.72. The van der Waals surface area contributed by atoms with Gasteiger partial charge >= 0.3 is 0 Å². The number of hydrogen-bond donors (Lipinski definition) is 1. The Morgan fingerprint density at radius 2 is 1.93 bits per heavy atom. The monoisotopic (exact) mass is 190 g/mol. The summed E-state index contributed by atoms with van der Waals surface area (Å²) in [4.78, 5) is 0. The molecule has 0 bridgehead atoms. The Kier molecular flexibility index (Phi) is 3.20. The Morgan fingerprint density at radius 1 is 1.21 bits per heavy atom. The van der Waals surface area contributed by atoms with Crippen LogP contribution in [0.5, 0.6) is 0 Å².